The van der Waals surface area contributed by atoms with Crippen LogP contribution in [0.1, 0.15) is 42.7 Å². The summed E-state index contributed by atoms with van der Waals surface area (Å²) in [5, 5.41) is 5.13. The largest absolute Gasteiger partial charge is 0.494 e. The molecule has 27 heavy (non-hydrogen) atoms. The molecule has 1 amide bonds. The molecular weight excluding hydrogens is 338 g/mol. The van der Waals surface area contributed by atoms with Gasteiger partial charge in [-0.25, -0.2) is 0 Å². The highest BCUT2D eigenvalue weighted by Crippen LogP contribution is 2.27. The second-order valence-corrected chi connectivity index (χ2v) is 6.33. The van der Waals surface area contributed by atoms with E-state index in [0.29, 0.717) is 24.5 Å². The van der Waals surface area contributed by atoms with Crippen LogP contribution in [0.2, 0.25) is 0 Å². The van der Waals surface area contributed by atoms with E-state index in [2.05, 4.69) is 5.32 Å². The summed E-state index contributed by atoms with van der Waals surface area (Å²) in [7, 11) is 0. The molecule has 0 aliphatic carbocycles. The molecule has 0 aliphatic rings. The molecule has 1 N–H and O–H groups in total. The van der Waals surface area contributed by atoms with Gasteiger partial charge in [0.25, 0.3) is 5.91 Å². The first-order chi connectivity index (χ1) is 13.1. The Morgan fingerprint density at radius 3 is 2.19 bits per heavy atom. The Kier molecular flexibility index (Phi) is 5.97. The highest BCUT2D eigenvalue weighted by molar-refractivity contribution is 6.01. The Morgan fingerprint density at radius 2 is 1.56 bits per heavy atom. The third-order valence-electron chi connectivity index (χ3n) is 4.43. The van der Waals surface area contributed by atoms with Crippen molar-refractivity contribution < 1.29 is 14.3 Å². The van der Waals surface area contributed by atoms with Crippen molar-refractivity contribution >= 4 is 16.7 Å². The minimum absolute atomic E-state index is 0.130. The molecule has 0 bridgehead atoms. The monoisotopic (exact) mass is 363 g/mol. The summed E-state index contributed by atoms with van der Waals surface area (Å²) in [4.78, 5) is 12.9. The number of fused-ring (bicyclic) bond motifs is 1. The average Bonchev–Trinajstić information content (AvgIpc) is 2.68. The lowest BCUT2D eigenvalue weighted by atomic mass is 10.0. The number of nitrogens with one attached hydrogen (secondary N) is 1. The zero-order valence-electron chi connectivity index (χ0n) is 16.0. The van der Waals surface area contributed by atoms with Gasteiger partial charge < -0.3 is 14.8 Å². The normalized spacial score (nSPS) is 11.8. The molecule has 3 rings (SSSR count). The van der Waals surface area contributed by atoms with E-state index in [1.54, 1.807) is 0 Å². The minimum Gasteiger partial charge on any atom is -0.494 e. The molecule has 0 saturated carbocycles. The van der Waals surface area contributed by atoms with Crippen molar-refractivity contribution in [3.8, 4) is 11.5 Å². The van der Waals surface area contributed by atoms with E-state index in [-0.39, 0.29) is 11.9 Å². The van der Waals surface area contributed by atoms with Crippen LogP contribution in [0, 0.1) is 0 Å². The first kappa shape index (κ1) is 18.8. The first-order valence-electron chi connectivity index (χ1n) is 9.31. The molecule has 3 aromatic rings. The van der Waals surface area contributed by atoms with Gasteiger partial charge in [0.2, 0.25) is 0 Å². The predicted molar refractivity (Wildman–Crippen MR) is 109 cm³/mol. The third kappa shape index (κ3) is 4.40. The molecule has 0 heterocycles. The van der Waals surface area contributed by atoms with Crippen LogP contribution in [0.15, 0.2) is 60.7 Å². The van der Waals surface area contributed by atoms with Crippen LogP contribution in [0.4, 0.5) is 0 Å². The van der Waals surface area contributed by atoms with Gasteiger partial charge in [-0.1, -0.05) is 36.4 Å². The Morgan fingerprint density at radius 1 is 0.926 bits per heavy atom. The van der Waals surface area contributed by atoms with Crippen LogP contribution in [0.3, 0.4) is 0 Å². The smallest absolute Gasteiger partial charge is 0.255 e. The number of carbonyl (C=O) groups excluding carboxylic acids is 1. The van der Waals surface area contributed by atoms with Crippen LogP contribution >= 0.6 is 0 Å². The van der Waals surface area contributed by atoms with Gasteiger partial charge in [0, 0.05) is 0 Å². The Labute approximate surface area is 160 Å². The third-order valence-corrected chi connectivity index (χ3v) is 4.43. The molecule has 0 aliphatic heterocycles. The topological polar surface area (TPSA) is 47.6 Å². The van der Waals surface area contributed by atoms with E-state index in [4.69, 9.17) is 9.47 Å². The van der Waals surface area contributed by atoms with Crippen LogP contribution in [0.25, 0.3) is 10.8 Å². The molecule has 1 unspecified atom stereocenters. The van der Waals surface area contributed by atoms with Crippen LogP contribution in [0.5, 0.6) is 11.5 Å². The van der Waals surface area contributed by atoms with Gasteiger partial charge in [-0.2, -0.15) is 0 Å². The molecule has 0 radical (unpaired) electrons. The van der Waals surface area contributed by atoms with Gasteiger partial charge in [-0.3, -0.25) is 4.79 Å². The maximum atomic E-state index is 12.9. The molecule has 0 aromatic heterocycles. The summed E-state index contributed by atoms with van der Waals surface area (Å²) in [6, 6.07) is 19.4. The van der Waals surface area contributed by atoms with Gasteiger partial charge in [-0.15, -0.1) is 0 Å². The maximum absolute atomic E-state index is 12.9. The number of amides is 1. The molecule has 0 fully saturated rings. The molecule has 4 heteroatoms. The van der Waals surface area contributed by atoms with E-state index in [1.807, 2.05) is 81.4 Å². The van der Waals surface area contributed by atoms with E-state index in [1.165, 1.54) is 0 Å². The number of hydrogen-bond donors (Lipinski definition) is 1. The molecule has 0 spiro atoms. The van der Waals surface area contributed by atoms with Gasteiger partial charge in [-0.05, 0) is 61.4 Å². The Balaban J connectivity index is 1.83. The predicted octanol–water partition coefficient (Wildman–Crippen LogP) is 5.13. The minimum atomic E-state index is -0.148. The van der Waals surface area contributed by atoms with E-state index < -0.39 is 0 Å². The van der Waals surface area contributed by atoms with Gasteiger partial charge in [0.15, 0.2) is 0 Å². The van der Waals surface area contributed by atoms with Crippen molar-refractivity contribution in [1.82, 2.24) is 5.32 Å². The highest BCUT2D eigenvalue weighted by Gasteiger charge is 2.17. The zero-order chi connectivity index (χ0) is 19.2. The SMILES string of the molecule is CCOc1ccc(C(C)NC(=O)c2cc3ccccc3cc2OCC)cc1. The summed E-state index contributed by atoms with van der Waals surface area (Å²) in [5.74, 6) is 1.28. The fraction of sp³-hybridized carbons (Fsp3) is 0.261. The lowest BCUT2D eigenvalue weighted by molar-refractivity contribution is 0.0936. The van der Waals surface area contributed by atoms with Crippen molar-refractivity contribution in [1.29, 1.82) is 0 Å². The van der Waals surface area contributed by atoms with Crippen molar-refractivity contribution in [3.05, 3.63) is 71.8 Å². The first-order valence-corrected chi connectivity index (χ1v) is 9.31. The number of hydrogen-bond acceptors (Lipinski definition) is 3. The lowest BCUT2D eigenvalue weighted by Gasteiger charge is -2.17. The number of benzene rings is 3. The molecule has 0 saturated heterocycles. The second kappa shape index (κ2) is 8.58. The second-order valence-electron chi connectivity index (χ2n) is 6.33. The summed E-state index contributed by atoms with van der Waals surface area (Å²) in [6.45, 7) is 6.98. The van der Waals surface area contributed by atoms with Crippen molar-refractivity contribution in [3.63, 3.8) is 0 Å². The van der Waals surface area contributed by atoms with Crippen LogP contribution in [-0.4, -0.2) is 19.1 Å². The standard InChI is InChI=1S/C23H25NO3/c1-4-26-20-12-10-17(11-13-20)16(3)24-23(25)21-14-18-8-6-7-9-19(18)15-22(21)27-5-2/h6-16H,4-5H2,1-3H3,(H,24,25). The quantitative estimate of drug-likeness (QED) is 0.633. The number of carbonyl (C=O) groups is 1. The zero-order valence-corrected chi connectivity index (χ0v) is 16.0. The number of ether oxygens (including phenoxy) is 2. The Hall–Kier alpha value is -3.01. The number of rotatable bonds is 7. The van der Waals surface area contributed by atoms with Crippen molar-refractivity contribution in [2.24, 2.45) is 0 Å². The fourth-order valence-electron chi connectivity index (χ4n) is 3.05. The summed E-state index contributed by atoms with van der Waals surface area (Å²) in [5.41, 5.74) is 1.57. The Bertz CT molecular complexity index is 919. The van der Waals surface area contributed by atoms with Gasteiger partial charge >= 0.3 is 0 Å². The van der Waals surface area contributed by atoms with Crippen LogP contribution < -0.4 is 14.8 Å². The molecule has 140 valence electrons. The van der Waals surface area contributed by atoms with E-state index in [0.717, 1.165) is 22.1 Å². The van der Waals surface area contributed by atoms with E-state index in [9.17, 15) is 4.79 Å². The summed E-state index contributed by atoms with van der Waals surface area (Å²) >= 11 is 0. The maximum Gasteiger partial charge on any atom is 0.255 e. The van der Waals surface area contributed by atoms with Crippen molar-refractivity contribution in [2.45, 2.75) is 26.8 Å². The summed E-state index contributed by atoms with van der Waals surface area (Å²) < 4.78 is 11.2. The van der Waals surface area contributed by atoms with Gasteiger partial charge in [0.05, 0.1) is 24.8 Å². The molecule has 3 aromatic carbocycles. The van der Waals surface area contributed by atoms with Crippen LogP contribution in [-0.2, 0) is 0 Å². The van der Waals surface area contributed by atoms with Gasteiger partial charge in [0.1, 0.15) is 11.5 Å². The molecule has 1 atom stereocenters. The molecule has 4 nitrogen and oxygen atoms in total. The highest BCUT2D eigenvalue weighted by atomic mass is 16.5. The lowest BCUT2D eigenvalue weighted by Crippen LogP contribution is -2.27. The molecular formula is C23H25NO3. The van der Waals surface area contributed by atoms with E-state index >= 15 is 0 Å². The average molecular weight is 363 g/mol. The summed E-state index contributed by atoms with van der Waals surface area (Å²) in [6.07, 6.45) is 0. The fourth-order valence-corrected chi connectivity index (χ4v) is 3.05. The van der Waals surface area contributed by atoms with Crippen molar-refractivity contribution in [2.75, 3.05) is 13.2 Å².